The second-order valence-corrected chi connectivity index (χ2v) is 7.07. The van der Waals surface area contributed by atoms with E-state index in [1.54, 1.807) is 0 Å². The second-order valence-electron chi connectivity index (χ2n) is 6.69. The summed E-state index contributed by atoms with van der Waals surface area (Å²) in [5.74, 6) is 1.65. The highest BCUT2D eigenvalue weighted by molar-refractivity contribution is 6.29. The molecule has 0 aromatic carbocycles. The molecule has 1 aliphatic heterocycles. The van der Waals surface area contributed by atoms with E-state index < -0.39 is 0 Å². The zero-order chi connectivity index (χ0) is 17.4. The molecule has 0 N–H and O–H groups in total. The van der Waals surface area contributed by atoms with Crippen molar-refractivity contribution in [3.63, 3.8) is 0 Å². The summed E-state index contributed by atoms with van der Waals surface area (Å²) in [5, 5.41) is 0.289. The van der Waals surface area contributed by atoms with E-state index in [1.807, 2.05) is 11.1 Å². The minimum atomic E-state index is -0.0995. The van der Waals surface area contributed by atoms with Gasteiger partial charge in [-0.2, -0.15) is 0 Å². The molecule has 0 atom stereocenters. The number of carbonyl (C=O) groups excluding carboxylic acids is 1. The molecule has 0 radical (unpaired) electrons. The predicted octanol–water partition coefficient (Wildman–Crippen LogP) is 2.67. The normalized spacial score (nSPS) is 17.7. The number of aryl methyl sites for hydroxylation is 1. The number of anilines is 1. The summed E-state index contributed by atoms with van der Waals surface area (Å²) < 4.78 is 0. The molecule has 2 aliphatic rings. The van der Waals surface area contributed by atoms with Crippen molar-refractivity contribution in [2.75, 3.05) is 31.1 Å². The number of rotatable bonds is 3. The van der Waals surface area contributed by atoms with Crippen LogP contribution in [0, 0.1) is 6.92 Å². The van der Waals surface area contributed by atoms with Crippen LogP contribution < -0.4 is 4.90 Å². The highest BCUT2D eigenvalue weighted by Crippen LogP contribution is 2.40. The molecule has 3 heterocycles. The number of aromatic nitrogens is 3. The van der Waals surface area contributed by atoms with Crippen molar-refractivity contribution < 1.29 is 4.79 Å². The Labute approximate surface area is 151 Å². The zero-order valence-corrected chi connectivity index (χ0v) is 14.9. The lowest BCUT2D eigenvalue weighted by Crippen LogP contribution is -2.49. The molecule has 25 heavy (non-hydrogen) atoms. The molecule has 7 heteroatoms. The monoisotopic (exact) mass is 357 g/mol. The molecule has 2 fully saturated rings. The zero-order valence-electron chi connectivity index (χ0n) is 14.2. The molecule has 4 rings (SSSR count). The summed E-state index contributed by atoms with van der Waals surface area (Å²) >= 11 is 5.73. The highest BCUT2D eigenvalue weighted by Gasteiger charge is 2.27. The third-order valence-electron chi connectivity index (χ3n) is 4.83. The third kappa shape index (κ3) is 3.44. The van der Waals surface area contributed by atoms with E-state index in [-0.39, 0.29) is 11.1 Å². The summed E-state index contributed by atoms with van der Waals surface area (Å²) in [6, 6.07) is 2.26. The summed E-state index contributed by atoms with van der Waals surface area (Å²) in [5.41, 5.74) is 2.91. The fraction of sp³-hybridized carbons (Fsp3) is 0.444. The lowest BCUT2D eigenvalue weighted by Gasteiger charge is -2.36. The van der Waals surface area contributed by atoms with E-state index in [2.05, 4.69) is 32.8 Å². The van der Waals surface area contributed by atoms with Crippen LogP contribution in [0.3, 0.4) is 0 Å². The summed E-state index contributed by atoms with van der Waals surface area (Å²) in [6.07, 6.45) is 7.42. The van der Waals surface area contributed by atoms with Crippen LogP contribution in [-0.4, -0.2) is 51.9 Å². The van der Waals surface area contributed by atoms with Crippen LogP contribution in [0.25, 0.3) is 0 Å². The van der Waals surface area contributed by atoms with E-state index in [0.717, 1.165) is 24.8 Å². The van der Waals surface area contributed by atoms with Crippen molar-refractivity contribution in [1.82, 2.24) is 19.9 Å². The van der Waals surface area contributed by atoms with Crippen molar-refractivity contribution in [2.24, 2.45) is 0 Å². The smallest absolute Gasteiger partial charge is 0.274 e. The summed E-state index contributed by atoms with van der Waals surface area (Å²) in [7, 11) is 0. The van der Waals surface area contributed by atoms with Crippen LogP contribution >= 0.6 is 11.6 Å². The Morgan fingerprint density at radius 3 is 2.44 bits per heavy atom. The van der Waals surface area contributed by atoms with Gasteiger partial charge in [0.15, 0.2) is 0 Å². The van der Waals surface area contributed by atoms with Crippen molar-refractivity contribution in [3.05, 3.63) is 46.6 Å². The van der Waals surface area contributed by atoms with Gasteiger partial charge in [0.25, 0.3) is 5.91 Å². The molecule has 2 aromatic rings. The molecular weight excluding hydrogens is 338 g/mol. The molecular formula is C18H20ClN5O. The van der Waals surface area contributed by atoms with Gasteiger partial charge in [-0.25, -0.2) is 15.0 Å². The number of halogens is 1. The minimum absolute atomic E-state index is 0.0995. The number of carbonyl (C=O) groups is 1. The van der Waals surface area contributed by atoms with E-state index in [4.69, 9.17) is 11.6 Å². The molecule has 1 amide bonds. The van der Waals surface area contributed by atoms with Crippen LogP contribution in [0.2, 0.25) is 5.15 Å². The SMILES string of the molecule is Cc1cc(C2CC2)cnc1N1CCN(C(=O)c2cnc(Cl)cn2)CC1. The number of nitrogens with zero attached hydrogens (tertiary/aromatic N) is 5. The molecule has 1 aliphatic carbocycles. The van der Waals surface area contributed by atoms with Gasteiger partial charge in [0.1, 0.15) is 16.7 Å². The Morgan fingerprint density at radius 1 is 1.08 bits per heavy atom. The van der Waals surface area contributed by atoms with Crippen LogP contribution in [-0.2, 0) is 0 Å². The van der Waals surface area contributed by atoms with Crippen molar-refractivity contribution in [2.45, 2.75) is 25.7 Å². The van der Waals surface area contributed by atoms with Crippen LogP contribution in [0.1, 0.15) is 40.4 Å². The molecule has 0 spiro atoms. The lowest BCUT2D eigenvalue weighted by atomic mass is 10.1. The average molecular weight is 358 g/mol. The molecule has 2 aromatic heterocycles. The first-order valence-electron chi connectivity index (χ1n) is 8.60. The van der Waals surface area contributed by atoms with Gasteiger partial charge in [0.2, 0.25) is 0 Å². The third-order valence-corrected chi connectivity index (χ3v) is 5.02. The first-order chi connectivity index (χ1) is 12.1. The first kappa shape index (κ1) is 16.3. The van der Waals surface area contributed by atoms with Gasteiger partial charge >= 0.3 is 0 Å². The highest BCUT2D eigenvalue weighted by atomic mass is 35.5. The van der Waals surface area contributed by atoms with E-state index in [9.17, 15) is 4.79 Å². The summed E-state index contributed by atoms with van der Waals surface area (Å²) in [4.78, 5) is 29.2. The van der Waals surface area contributed by atoms with Crippen molar-refractivity contribution in [3.8, 4) is 0 Å². The van der Waals surface area contributed by atoms with Gasteiger partial charge in [-0.1, -0.05) is 17.7 Å². The van der Waals surface area contributed by atoms with Crippen LogP contribution in [0.5, 0.6) is 0 Å². The van der Waals surface area contributed by atoms with Gasteiger partial charge < -0.3 is 9.80 Å². The molecule has 1 saturated heterocycles. The Morgan fingerprint density at radius 2 is 1.84 bits per heavy atom. The average Bonchev–Trinajstić information content (AvgIpc) is 3.47. The molecule has 0 unspecified atom stereocenters. The minimum Gasteiger partial charge on any atom is -0.353 e. The number of amides is 1. The Hall–Kier alpha value is -2.21. The fourth-order valence-corrected chi connectivity index (χ4v) is 3.36. The molecule has 0 bridgehead atoms. The van der Waals surface area contributed by atoms with Crippen molar-refractivity contribution >= 4 is 23.3 Å². The van der Waals surface area contributed by atoms with E-state index in [1.165, 1.54) is 36.4 Å². The first-order valence-corrected chi connectivity index (χ1v) is 8.98. The Bertz CT molecular complexity index is 783. The quantitative estimate of drug-likeness (QED) is 0.845. The topological polar surface area (TPSA) is 62.2 Å². The number of hydrogen-bond acceptors (Lipinski definition) is 5. The second kappa shape index (κ2) is 6.59. The van der Waals surface area contributed by atoms with Gasteiger partial charge in [0.05, 0.1) is 12.4 Å². The fourth-order valence-electron chi connectivity index (χ4n) is 3.27. The number of pyridine rings is 1. The Balaban J connectivity index is 1.41. The maximum absolute atomic E-state index is 12.5. The lowest BCUT2D eigenvalue weighted by molar-refractivity contribution is 0.0740. The number of piperazine rings is 1. The van der Waals surface area contributed by atoms with Gasteiger partial charge in [-0.3, -0.25) is 4.79 Å². The standard InChI is InChI=1S/C18H20ClN5O/c1-12-8-14(13-2-3-13)9-22-17(12)23-4-6-24(7-5-23)18(25)15-10-21-16(19)11-20-15/h8-11,13H,2-7H2,1H3. The largest absolute Gasteiger partial charge is 0.353 e. The molecule has 1 saturated carbocycles. The molecule has 6 nitrogen and oxygen atoms in total. The van der Waals surface area contributed by atoms with Gasteiger partial charge in [-0.05, 0) is 36.8 Å². The Kier molecular flexibility index (Phi) is 4.29. The maximum Gasteiger partial charge on any atom is 0.274 e. The number of hydrogen-bond donors (Lipinski definition) is 0. The van der Waals surface area contributed by atoms with Crippen molar-refractivity contribution in [1.29, 1.82) is 0 Å². The van der Waals surface area contributed by atoms with Crippen LogP contribution in [0.4, 0.5) is 5.82 Å². The summed E-state index contributed by atoms with van der Waals surface area (Å²) in [6.45, 7) is 4.95. The maximum atomic E-state index is 12.5. The molecule has 130 valence electrons. The van der Waals surface area contributed by atoms with Gasteiger partial charge in [0, 0.05) is 32.4 Å². The van der Waals surface area contributed by atoms with Crippen LogP contribution in [0.15, 0.2) is 24.7 Å². The van der Waals surface area contributed by atoms with E-state index >= 15 is 0 Å². The van der Waals surface area contributed by atoms with E-state index in [0.29, 0.717) is 18.8 Å². The van der Waals surface area contributed by atoms with Gasteiger partial charge in [-0.15, -0.1) is 0 Å². The predicted molar refractivity (Wildman–Crippen MR) is 96.1 cm³/mol.